The number of nitrogens with one attached hydrogen (secondary N) is 1. The minimum absolute atomic E-state index is 0.0408. The van der Waals surface area contributed by atoms with Crippen LogP contribution in [0.4, 0.5) is 24.0 Å². The Bertz CT molecular complexity index is 902. The first-order valence-corrected chi connectivity index (χ1v) is 8.78. The first-order chi connectivity index (χ1) is 13.2. The largest absolute Gasteiger partial charge is 0.497 e. The second-order valence-corrected chi connectivity index (χ2v) is 6.82. The molecule has 12 heteroatoms. The number of aromatic nitrogens is 2. The summed E-state index contributed by atoms with van der Waals surface area (Å²) in [5, 5.41) is 7.19. The van der Waals surface area contributed by atoms with E-state index >= 15 is 0 Å². The van der Waals surface area contributed by atoms with Crippen molar-refractivity contribution in [2.45, 2.75) is 12.6 Å². The summed E-state index contributed by atoms with van der Waals surface area (Å²) < 4.78 is 48.2. The lowest BCUT2D eigenvalue weighted by molar-refractivity contribution is -0.138. The zero-order valence-corrected chi connectivity index (χ0v) is 15.6. The maximum Gasteiger partial charge on any atom is 0.445 e. The van der Waals surface area contributed by atoms with Gasteiger partial charge in [0, 0.05) is 19.0 Å². The molecule has 0 unspecified atom stereocenters. The number of rotatable bonds is 5. The molecule has 0 saturated carbocycles. The van der Waals surface area contributed by atoms with E-state index in [4.69, 9.17) is 9.47 Å². The Hall–Kier alpha value is -2.89. The Kier molecular flexibility index (Phi) is 5.40. The number of ether oxygens (including phenoxy) is 2. The van der Waals surface area contributed by atoms with Crippen LogP contribution in [0, 0.1) is 5.92 Å². The zero-order chi connectivity index (χ0) is 20.5. The van der Waals surface area contributed by atoms with Crippen molar-refractivity contribution in [3.63, 3.8) is 0 Å². The molecule has 150 valence electrons. The second-order valence-electron chi connectivity index (χ2n) is 5.84. The summed E-state index contributed by atoms with van der Waals surface area (Å²) >= 11 is 0.222. The lowest BCUT2D eigenvalue weighted by atomic mass is 10.1. The number of nitrogens with zero attached hydrogens (tertiary/aromatic N) is 3. The third kappa shape index (κ3) is 4.01. The van der Waals surface area contributed by atoms with Crippen molar-refractivity contribution in [1.29, 1.82) is 0 Å². The molecule has 1 atom stereocenters. The lowest BCUT2D eigenvalue weighted by Crippen LogP contribution is -2.28. The highest BCUT2D eigenvalue weighted by atomic mass is 32.1. The van der Waals surface area contributed by atoms with Crippen molar-refractivity contribution in [1.82, 2.24) is 10.2 Å². The molecule has 0 radical (unpaired) electrons. The van der Waals surface area contributed by atoms with E-state index in [9.17, 15) is 22.8 Å². The maximum absolute atomic E-state index is 12.6. The van der Waals surface area contributed by atoms with Crippen LogP contribution >= 0.6 is 11.3 Å². The minimum Gasteiger partial charge on any atom is -0.497 e. The van der Waals surface area contributed by atoms with Crippen molar-refractivity contribution in [2.75, 3.05) is 31.0 Å². The van der Waals surface area contributed by atoms with Crippen LogP contribution in [-0.4, -0.2) is 42.8 Å². The summed E-state index contributed by atoms with van der Waals surface area (Å²) in [6.07, 6.45) is -4.74. The molecule has 2 heterocycles. The summed E-state index contributed by atoms with van der Waals surface area (Å²) in [7, 11) is 2.93. The van der Waals surface area contributed by atoms with Gasteiger partial charge in [0.1, 0.15) is 11.5 Å². The highest BCUT2D eigenvalue weighted by Crippen LogP contribution is 2.37. The first-order valence-electron chi connectivity index (χ1n) is 7.97. The van der Waals surface area contributed by atoms with Gasteiger partial charge in [-0.05, 0) is 12.1 Å². The number of carbonyl (C=O) groups is 2. The molecule has 0 spiro atoms. The van der Waals surface area contributed by atoms with E-state index in [1.165, 1.54) is 19.1 Å². The monoisotopic (exact) mass is 416 g/mol. The average Bonchev–Trinajstić information content (AvgIpc) is 3.27. The van der Waals surface area contributed by atoms with E-state index < -0.39 is 23.0 Å². The van der Waals surface area contributed by atoms with E-state index in [0.29, 0.717) is 17.2 Å². The van der Waals surface area contributed by atoms with E-state index in [0.717, 1.165) is 0 Å². The van der Waals surface area contributed by atoms with E-state index in [2.05, 4.69) is 15.5 Å². The molecule has 8 nitrogen and oxygen atoms in total. The molecule has 1 aliphatic rings. The lowest BCUT2D eigenvalue weighted by Gasteiger charge is -2.20. The fourth-order valence-corrected chi connectivity index (χ4v) is 3.33. The van der Waals surface area contributed by atoms with Crippen molar-refractivity contribution < 1.29 is 32.2 Å². The number of alkyl halides is 3. The highest BCUT2D eigenvalue weighted by molar-refractivity contribution is 7.15. The standard InChI is InChI=1S/C16H15F3N4O4S/c1-26-9-3-4-11(27-2)10(6-9)23-7-8(5-12(23)24)13(25)20-15-22-21-14(28-15)16(17,18)19/h3-4,6,8H,5,7H2,1-2H3,(H,20,22,25)/t8-/m1/s1. The molecule has 2 aromatic rings. The molecule has 0 aliphatic carbocycles. The van der Waals surface area contributed by atoms with Gasteiger partial charge in [0.25, 0.3) is 0 Å². The molecule has 2 amide bonds. The van der Waals surface area contributed by atoms with Crippen LogP contribution in [0.2, 0.25) is 0 Å². The third-order valence-electron chi connectivity index (χ3n) is 4.07. The first kappa shape index (κ1) is 19.9. The number of hydrogen-bond donors (Lipinski definition) is 1. The smallest absolute Gasteiger partial charge is 0.445 e. The predicted octanol–water partition coefficient (Wildman–Crippen LogP) is 2.57. The number of benzene rings is 1. The van der Waals surface area contributed by atoms with Crippen LogP contribution < -0.4 is 19.7 Å². The minimum atomic E-state index is -4.64. The van der Waals surface area contributed by atoms with Crippen LogP contribution in [-0.2, 0) is 15.8 Å². The molecule has 1 fully saturated rings. The Labute approximate surface area is 161 Å². The molecule has 1 saturated heterocycles. The van der Waals surface area contributed by atoms with Gasteiger partial charge in [-0.1, -0.05) is 11.3 Å². The number of amides is 2. The summed E-state index contributed by atoms with van der Waals surface area (Å²) in [6.45, 7) is 0.0408. The van der Waals surface area contributed by atoms with Gasteiger partial charge in [0.15, 0.2) is 0 Å². The van der Waals surface area contributed by atoms with Crippen LogP contribution in [0.25, 0.3) is 0 Å². The van der Waals surface area contributed by atoms with Crippen molar-refractivity contribution in [3.8, 4) is 11.5 Å². The molecule has 1 aromatic heterocycles. The summed E-state index contributed by atoms with van der Waals surface area (Å²) in [6, 6.07) is 4.91. The Morgan fingerprint density at radius 2 is 2.04 bits per heavy atom. The zero-order valence-electron chi connectivity index (χ0n) is 14.7. The van der Waals surface area contributed by atoms with Gasteiger partial charge < -0.3 is 19.7 Å². The normalized spacial score (nSPS) is 17.0. The maximum atomic E-state index is 12.6. The van der Waals surface area contributed by atoms with E-state index in [-0.39, 0.29) is 35.3 Å². The number of methoxy groups -OCH3 is 2. The number of carbonyl (C=O) groups excluding carboxylic acids is 2. The van der Waals surface area contributed by atoms with Gasteiger partial charge in [-0.15, -0.1) is 10.2 Å². The van der Waals surface area contributed by atoms with Gasteiger partial charge in [-0.3, -0.25) is 9.59 Å². The van der Waals surface area contributed by atoms with E-state index in [1.54, 1.807) is 18.2 Å². The molecule has 28 heavy (non-hydrogen) atoms. The van der Waals surface area contributed by atoms with Gasteiger partial charge in [0.2, 0.25) is 22.0 Å². The Balaban J connectivity index is 1.74. The molecule has 1 N–H and O–H groups in total. The van der Waals surface area contributed by atoms with Crippen LogP contribution in [0.1, 0.15) is 11.4 Å². The number of hydrogen-bond acceptors (Lipinski definition) is 7. The quantitative estimate of drug-likeness (QED) is 0.805. The van der Waals surface area contributed by atoms with Crippen molar-refractivity contribution in [2.24, 2.45) is 5.92 Å². The predicted molar refractivity (Wildman–Crippen MR) is 93.5 cm³/mol. The number of halogens is 3. The second kappa shape index (κ2) is 7.62. The third-order valence-corrected chi connectivity index (χ3v) is 4.95. The van der Waals surface area contributed by atoms with Crippen LogP contribution in [0.5, 0.6) is 11.5 Å². The van der Waals surface area contributed by atoms with Crippen LogP contribution in [0.3, 0.4) is 0 Å². The van der Waals surface area contributed by atoms with Gasteiger partial charge in [0.05, 0.1) is 25.8 Å². The van der Waals surface area contributed by atoms with Crippen LogP contribution in [0.15, 0.2) is 18.2 Å². The molecule has 1 aromatic carbocycles. The molecular weight excluding hydrogens is 401 g/mol. The molecule has 3 rings (SSSR count). The highest BCUT2D eigenvalue weighted by Gasteiger charge is 2.38. The van der Waals surface area contributed by atoms with Gasteiger partial charge in [-0.25, -0.2) is 0 Å². The molecule has 0 bridgehead atoms. The van der Waals surface area contributed by atoms with Gasteiger partial charge in [-0.2, -0.15) is 13.2 Å². The fourth-order valence-electron chi connectivity index (χ4n) is 2.72. The van der Waals surface area contributed by atoms with Crippen molar-refractivity contribution >= 4 is 34.0 Å². The summed E-state index contributed by atoms with van der Waals surface area (Å²) in [4.78, 5) is 26.2. The molecule has 1 aliphatic heterocycles. The average molecular weight is 416 g/mol. The fraction of sp³-hybridized carbons (Fsp3) is 0.375. The Morgan fingerprint density at radius 3 is 2.64 bits per heavy atom. The molecular formula is C16H15F3N4O4S. The van der Waals surface area contributed by atoms with E-state index in [1.807, 2.05) is 0 Å². The van der Waals surface area contributed by atoms with Crippen molar-refractivity contribution in [3.05, 3.63) is 23.2 Å². The van der Waals surface area contributed by atoms with Gasteiger partial charge >= 0.3 is 6.18 Å². The summed E-state index contributed by atoms with van der Waals surface area (Å²) in [5.74, 6) is -0.761. The Morgan fingerprint density at radius 1 is 1.29 bits per heavy atom. The number of anilines is 2. The summed E-state index contributed by atoms with van der Waals surface area (Å²) in [5.41, 5.74) is 0.442. The SMILES string of the molecule is COc1ccc(OC)c(N2C[C@H](C(=O)Nc3nnc(C(F)(F)F)s3)CC2=O)c1. The topological polar surface area (TPSA) is 93.7 Å².